The summed E-state index contributed by atoms with van der Waals surface area (Å²) in [5.41, 5.74) is 2.50. The third kappa shape index (κ3) is 3.81. The highest BCUT2D eigenvalue weighted by molar-refractivity contribution is 7.18. The fourth-order valence-corrected chi connectivity index (χ4v) is 3.55. The lowest BCUT2D eigenvalue weighted by Gasteiger charge is -2.00. The molecule has 0 aliphatic carbocycles. The molecular weight excluding hydrogens is 348 g/mol. The quantitative estimate of drug-likeness (QED) is 0.467. The van der Waals surface area contributed by atoms with Crippen LogP contribution in [0.1, 0.15) is 17.1 Å². The molecule has 0 saturated carbocycles. The number of aryl methyl sites for hydroxylation is 1. The zero-order valence-electron chi connectivity index (χ0n) is 13.9. The summed E-state index contributed by atoms with van der Waals surface area (Å²) in [6.07, 6.45) is 0.871. The molecule has 0 fully saturated rings. The van der Waals surface area contributed by atoms with Gasteiger partial charge in [-0.15, -0.1) is 11.3 Å². The van der Waals surface area contributed by atoms with Crippen molar-refractivity contribution in [3.63, 3.8) is 0 Å². The number of rotatable bonds is 6. The average Bonchev–Trinajstić information content (AvgIpc) is 3.32. The molecule has 0 atom stereocenters. The summed E-state index contributed by atoms with van der Waals surface area (Å²) in [5.74, 6) is 0.389. The van der Waals surface area contributed by atoms with Gasteiger partial charge in [0.05, 0.1) is 21.6 Å². The van der Waals surface area contributed by atoms with Gasteiger partial charge in [-0.05, 0) is 12.1 Å². The number of nitrogens with zero attached hydrogens (tertiary/aromatic N) is 2. The molecule has 4 aromatic rings. The fraction of sp³-hybridized carbons (Fsp3) is 0.150. The van der Waals surface area contributed by atoms with Gasteiger partial charge in [0.1, 0.15) is 12.3 Å². The van der Waals surface area contributed by atoms with Crippen molar-refractivity contribution in [2.24, 2.45) is 0 Å². The van der Waals surface area contributed by atoms with Gasteiger partial charge in [-0.3, -0.25) is 4.79 Å². The lowest BCUT2D eigenvalue weighted by atomic mass is 10.2. The number of carbonyl (C=O) groups excluding carboxylic acids is 1. The van der Waals surface area contributed by atoms with E-state index in [2.05, 4.69) is 10.1 Å². The number of benzene rings is 2. The molecule has 6 heteroatoms. The van der Waals surface area contributed by atoms with Gasteiger partial charge in [0.25, 0.3) is 0 Å². The van der Waals surface area contributed by atoms with Crippen LogP contribution in [0.15, 0.2) is 65.2 Å². The van der Waals surface area contributed by atoms with E-state index < -0.39 is 0 Å². The summed E-state index contributed by atoms with van der Waals surface area (Å²) in [5, 5.41) is 4.89. The second-order valence-electron chi connectivity index (χ2n) is 5.78. The zero-order valence-corrected chi connectivity index (χ0v) is 14.7. The van der Waals surface area contributed by atoms with E-state index >= 15 is 0 Å². The Morgan fingerprint density at radius 3 is 2.73 bits per heavy atom. The number of thiazole rings is 1. The van der Waals surface area contributed by atoms with Crippen LogP contribution >= 0.6 is 11.3 Å². The number of hydrogen-bond donors (Lipinski definition) is 0. The van der Waals surface area contributed by atoms with Gasteiger partial charge in [-0.25, -0.2) is 4.98 Å². The molecule has 0 aliphatic heterocycles. The van der Waals surface area contributed by atoms with Gasteiger partial charge in [0.2, 0.25) is 0 Å². The van der Waals surface area contributed by atoms with E-state index in [0.717, 1.165) is 20.8 Å². The van der Waals surface area contributed by atoms with Crippen molar-refractivity contribution in [1.82, 2.24) is 10.1 Å². The molecule has 5 nitrogen and oxygen atoms in total. The average molecular weight is 364 g/mol. The van der Waals surface area contributed by atoms with Crippen LogP contribution in [0, 0.1) is 0 Å². The minimum atomic E-state index is -0.270. The van der Waals surface area contributed by atoms with E-state index in [1.165, 1.54) is 0 Å². The summed E-state index contributed by atoms with van der Waals surface area (Å²) in [4.78, 5) is 16.5. The van der Waals surface area contributed by atoms with Crippen LogP contribution < -0.4 is 0 Å². The molecule has 0 N–H and O–H groups in total. The minimum Gasteiger partial charge on any atom is -0.459 e. The predicted molar refractivity (Wildman–Crippen MR) is 99.7 cm³/mol. The molecule has 0 bridgehead atoms. The van der Waals surface area contributed by atoms with Crippen LogP contribution in [0.3, 0.4) is 0 Å². The van der Waals surface area contributed by atoms with E-state index in [1.807, 2.05) is 54.6 Å². The molecule has 2 aromatic carbocycles. The smallest absolute Gasteiger partial charge is 0.306 e. The second-order valence-corrected chi connectivity index (χ2v) is 6.90. The Bertz CT molecular complexity index is 991. The Labute approximate surface area is 154 Å². The molecule has 0 spiro atoms. The van der Waals surface area contributed by atoms with Crippen LogP contribution in [-0.4, -0.2) is 16.1 Å². The van der Waals surface area contributed by atoms with E-state index in [-0.39, 0.29) is 12.6 Å². The summed E-state index contributed by atoms with van der Waals surface area (Å²) in [6, 6.07) is 19.4. The predicted octanol–water partition coefficient (Wildman–Crippen LogP) is 4.63. The fourth-order valence-electron chi connectivity index (χ4n) is 2.58. The Kier molecular flexibility index (Phi) is 4.75. The van der Waals surface area contributed by atoms with Crippen molar-refractivity contribution in [2.75, 3.05) is 0 Å². The molecular formula is C20H16N2O3S. The van der Waals surface area contributed by atoms with Crippen LogP contribution in [0.2, 0.25) is 0 Å². The highest BCUT2D eigenvalue weighted by atomic mass is 32.1. The lowest BCUT2D eigenvalue weighted by Crippen LogP contribution is -2.06. The maximum absolute atomic E-state index is 12.0. The van der Waals surface area contributed by atoms with Gasteiger partial charge >= 0.3 is 5.97 Å². The van der Waals surface area contributed by atoms with Crippen LogP contribution in [-0.2, 0) is 22.6 Å². The van der Waals surface area contributed by atoms with Gasteiger partial charge in [0.15, 0.2) is 5.76 Å². The molecule has 0 aliphatic rings. The summed E-state index contributed by atoms with van der Waals surface area (Å²) >= 11 is 1.61. The highest BCUT2D eigenvalue weighted by Gasteiger charge is 2.11. The molecule has 0 saturated heterocycles. The van der Waals surface area contributed by atoms with Gasteiger partial charge < -0.3 is 9.26 Å². The van der Waals surface area contributed by atoms with Gasteiger partial charge in [-0.1, -0.05) is 47.6 Å². The molecule has 0 unspecified atom stereocenters. The Hall–Kier alpha value is -2.99. The lowest BCUT2D eigenvalue weighted by molar-refractivity contribution is -0.145. The van der Waals surface area contributed by atoms with E-state index in [1.54, 1.807) is 17.4 Å². The van der Waals surface area contributed by atoms with Crippen molar-refractivity contribution in [3.05, 3.63) is 71.4 Å². The number of fused-ring (bicyclic) bond motifs is 1. The van der Waals surface area contributed by atoms with E-state index in [0.29, 0.717) is 24.3 Å². The van der Waals surface area contributed by atoms with Crippen molar-refractivity contribution < 1.29 is 14.1 Å². The third-order valence-corrected chi connectivity index (χ3v) is 4.98. The second kappa shape index (κ2) is 7.49. The summed E-state index contributed by atoms with van der Waals surface area (Å²) in [6.45, 7) is 0.106. The third-order valence-electron chi connectivity index (χ3n) is 3.88. The maximum atomic E-state index is 12.0. The van der Waals surface area contributed by atoms with E-state index in [4.69, 9.17) is 9.26 Å². The Balaban J connectivity index is 1.29. The van der Waals surface area contributed by atoms with Gasteiger partial charge in [0, 0.05) is 18.1 Å². The van der Waals surface area contributed by atoms with Crippen molar-refractivity contribution in [3.8, 4) is 11.3 Å². The first-order valence-corrected chi connectivity index (χ1v) is 9.11. The first-order valence-electron chi connectivity index (χ1n) is 8.29. The van der Waals surface area contributed by atoms with Gasteiger partial charge in [-0.2, -0.15) is 0 Å². The topological polar surface area (TPSA) is 65.2 Å². The Morgan fingerprint density at radius 2 is 1.88 bits per heavy atom. The van der Waals surface area contributed by atoms with E-state index in [9.17, 15) is 4.79 Å². The molecule has 0 radical (unpaired) electrons. The first-order chi connectivity index (χ1) is 12.8. The maximum Gasteiger partial charge on any atom is 0.306 e. The van der Waals surface area contributed by atoms with Crippen molar-refractivity contribution in [2.45, 2.75) is 19.4 Å². The monoisotopic (exact) mass is 364 g/mol. The molecule has 4 rings (SSSR count). The van der Waals surface area contributed by atoms with Crippen molar-refractivity contribution >= 4 is 27.5 Å². The van der Waals surface area contributed by atoms with Crippen LogP contribution in [0.4, 0.5) is 0 Å². The highest BCUT2D eigenvalue weighted by Crippen LogP contribution is 2.23. The SMILES string of the molecule is O=C(CCc1nc2ccccc2s1)OCc1cc(-c2ccccc2)on1. The number of aromatic nitrogens is 2. The molecule has 26 heavy (non-hydrogen) atoms. The minimum absolute atomic E-state index is 0.106. The zero-order chi connectivity index (χ0) is 17.8. The van der Waals surface area contributed by atoms with Crippen LogP contribution in [0.5, 0.6) is 0 Å². The summed E-state index contributed by atoms with van der Waals surface area (Å²) in [7, 11) is 0. The number of carbonyl (C=O) groups is 1. The normalized spacial score (nSPS) is 10.9. The standard InChI is InChI=1S/C20H16N2O3S/c23-20(11-10-19-21-16-8-4-5-9-18(16)26-19)24-13-15-12-17(25-22-15)14-6-2-1-3-7-14/h1-9,12H,10-11,13H2. The molecule has 130 valence electrons. The summed E-state index contributed by atoms with van der Waals surface area (Å²) < 4.78 is 11.7. The number of hydrogen-bond acceptors (Lipinski definition) is 6. The number of esters is 1. The molecule has 0 amide bonds. The first kappa shape index (κ1) is 16.5. The molecule has 2 aromatic heterocycles. The molecule has 2 heterocycles. The largest absolute Gasteiger partial charge is 0.459 e. The van der Waals surface area contributed by atoms with Crippen LogP contribution in [0.25, 0.3) is 21.5 Å². The van der Waals surface area contributed by atoms with Crippen molar-refractivity contribution in [1.29, 1.82) is 0 Å². The number of para-hydroxylation sites is 1. The Morgan fingerprint density at radius 1 is 1.08 bits per heavy atom. The number of ether oxygens (including phenoxy) is 1.